The Morgan fingerprint density at radius 3 is 2.35 bits per heavy atom. The van der Waals surface area contributed by atoms with E-state index >= 15 is 0 Å². The number of nitrogens with zero attached hydrogens (tertiary/aromatic N) is 4. The fraction of sp³-hybridized carbons (Fsp3) is 0.185. The summed E-state index contributed by atoms with van der Waals surface area (Å²) in [6.07, 6.45) is 2.92. The van der Waals surface area contributed by atoms with E-state index in [1.54, 1.807) is 23.0 Å². The van der Waals surface area contributed by atoms with Crippen molar-refractivity contribution in [3.8, 4) is 22.7 Å². The highest BCUT2D eigenvalue weighted by atomic mass is 19.1. The van der Waals surface area contributed by atoms with Crippen LogP contribution in [0.3, 0.4) is 0 Å². The number of fused-ring (bicyclic) bond motifs is 1. The highest BCUT2D eigenvalue weighted by Crippen LogP contribution is 2.29. The van der Waals surface area contributed by atoms with Crippen molar-refractivity contribution in [1.82, 2.24) is 19.7 Å². The summed E-state index contributed by atoms with van der Waals surface area (Å²) < 4.78 is 21.2. The third-order valence-electron chi connectivity index (χ3n) is 4.95. The van der Waals surface area contributed by atoms with E-state index in [0.717, 1.165) is 40.3 Å². The standard InChI is InChI=1S/C23H23FN4O.C4H4O4/c1-16(15-27(2)3)29-20-7-4-6-19(14-20)28-23-21(8-5-13-25-23)22(26-28)17-9-11-18(24)12-10-17;5-3(6)1-2-4(7)8/h4-14,16H,15H2,1-3H3;1-2H,(H,5,6)(H,7,8)/b;2-1+. The molecule has 0 bridgehead atoms. The summed E-state index contributed by atoms with van der Waals surface area (Å²) in [5.74, 6) is -2.01. The van der Waals surface area contributed by atoms with Crippen LogP contribution in [0.1, 0.15) is 6.92 Å². The molecule has 2 aromatic carbocycles. The molecule has 1 atom stereocenters. The first-order valence-corrected chi connectivity index (χ1v) is 11.3. The molecule has 0 aliphatic rings. The van der Waals surface area contributed by atoms with Gasteiger partial charge in [0.05, 0.1) is 5.69 Å². The smallest absolute Gasteiger partial charge is 0.328 e. The van der Waals surface area contributed by atoms with Crippen LogP contribution < -0.4 is 4.74 Å². The minimum absolute atomic E-state index is 0.0579. The van der Waals surface area contributed by atoms with Crippen molar-refractivity contribution < 1.29 is 28.9 Å². The zero-order valence-electron chi connectivity index (χ0n) is 20.6. The van der Waals surface area contributed by atoms with Crippen molar-refractivity contribution in [1.29, 1.82) is 0 Å². The molecule has 4 aromatic rings. The number of aliphatic carboxylic acids is 2. The Kier molecular flexibility index (Phi) is 9.06. The van der Waals surface area contributed by atoms with E-state index in [1.807, 2.05) is 57.4 Å². The van der Waals surface area contributed by atoms with E-state index in [1.165, 1.54) is 12.1 Å². The maximum Gasteiger partial charge on any atom is 0.328 e. The fourth-order valence-corrected chi connectivity index (χ4v) is 3.57. The van der Waals surface area contributed by atoms with Gasteiger partial charge < -0.3 is 19.8 Å². The first-order valence-electron chi connectivity index (χ1n) is 11.3. The van der Waals surface area contributed by atoms with Crippen LogP contribution >= 0.6 is 0 Å². The number of rotatable bonds is 8. The molecular weight excluding hydrogens is 479 g/mol. The van der Waals surface area contributed by atoms with Crippen LogP contribution in [0, 0.1) is 5.82 Å². The third kappa shape index (κ3) is 7.71. The maximum atomic E-state index is 13.4. The lowest BCUT2D eigenvalue weighted by Crippen LogP contribution is -2.27. The van der Waals surface area contributed by atoms with Crippen molar-refractivity contribution in [2.45, 2.75) is 13.0 Å². The largest absolute Gasteiger partial charge is 0.489 e. The molecule has 0 radical (unpaired) electrons. The van der Waals surface area contributed by atoms with Crippen molar-refractivity contribution in [2.75, 3.05) is 20.6 Å². The van der Waals surface area contributed by atoms with Gasteiger partial charge in [0.1, 0.15) is 23.4 Å². The average molecular weight is 507 g/mol. The number of hydrogen-bond acceptors (Lipinski definition) is 6. The van der Waals surface area contributed by atoms with Crippen molar-refractivity contribution in [3.63, 3.8) is 0 Å². The SMILES string of the molecule is CC(CN(C)C)Oc1cccc(-n2nc(-c3ccc(F)cc3)c3cccnc32)c1.O=C(O)/C=C/C(=O)O. The number of aromatic nitrogens is 3. The quantitative estimate of drug-likeness (QED) is 0.340. The van der Waals surface area contributed by atoms with Crippen molar-refractivity contribution in [3.05, 3.63) is 84.8 Å². The first kappa shape index (κ1) is 27.0. The summed E-state index contributed by atoms with van der Waals surface area (Å²) in [7, 11) is 4.05. The fourth-order valence-electron chi connectivity index (χ4n) is 3.57. The van der Waals surface area contributed by atoms with Gasteiger partial charge in [-0.3, -0.25) is 0 Å². The van der Waals surface area contributed by atoms with Crippen LogP contribution in [0.4, 0.5) is 4.39 Å². The van der Waals surface area contributed by atoms with Gasteiger partial charge in [-0.15, -0.1) is 0 Å². The van der Waals surface area contributed by atoms with Crippen LogP contribution in [-0.2, 0) is 9.59 Å². The molecule has 4 rings (SSSR count). The summed E-state index contributed by atoms with van der Waals surface area (Å²) in [5, 5.41) is 21.3. The van der Waals surface area contributed by atoms with Gasteiger partial charge in [0.2, 0.25) is 0 Å². The summed E-state index contributed by atoms with van der Waals surface area (Å²) in [6.45, 7) is 2.87. The molecule has 37 heavy (non-hydrogen) atoms. The molecule has 0 aliphatic heterocycles. The number of halogens is 1. The number of benzene rings is 2. The van der Waals surface area contributed by atoms with Crippen LogP contribution in [0.2, 0.25) is 0 Å². The third-order valence-corrected chi connectivity index (χ3v) is 4.95. The molecule has 192 valence electrons. The van der Waals surface area contributed by atoms with E-state index in [-0.39, 0.29) is 11.9 Å². The van der Waals surface area contributed by atoms with E-state index < -0.39 is 11.9 Å². The lowest BCUT2D eigenvalue weighted by Gasteiger charge is -2.19. The molecule has 0 amide bonds. The van der Waals surface area contributed by atoms with Gasteiger partial charge in [-0.1, -0.05) is 6.07 Å². The van der Waals surface area contributed by atoms with Crippen LogP contribution in [-0.4, -0.2) is 68.6 Å². The lowest BCUT2D eigenvalue weighted by atomic mass is 10.1. The van der Waals surface area contributed by atoms with Gasteiger partial charge in [0.15, 0.2) is 5.65 Å². The molecule has 0 saturated carbocycles. The maximum absolute atomic E-state index is 13.4. The molecule has 2 aromatic heterocycles. The second kappa shape index (κ2) is 12.4. The number of carbonyl (C=O) groups is 2. The summed E-state index contributed by atoms with van der Waals surface area (Å²) >= 11 is 0. The lowest BCUT2D eigenvalue weighted by molar-refractivity contribution is -0.134. The van der Waals surface area contributed by atoms with Gasteiger partial charge in [-0.25, -0.2) is 23.6 Å². The van der Waals surface area contributed by atoms with Gasteiger partial charge in [-0.2, -0.15) is 5.10 Å². The molecule has 2 N–H and O–H groups in total. The number of likely N-dealkylation sites (N-methyl/N-ethyl adjacent to an activating group) is 1. The van der Waals surface area contributed by atoms with Crippen LogP contribution in [0.15, 0.2) is 79.0 Å². The minimum atomic E-state index is -1.26. The first-order chi connectivity index (χ1) is 17.6. The number of carboxylic acids is 2. The van der Waals surface area contributed by atoms with Crippen LogP contribution in [0.5, 0.6) is 5.75 Å². The molecule has 2 heterocycles. The monoisotopic (exact) mass is 506 g/mol. The Labute approximate surface area is 213 Å². The minimum Gasteiger partial charge on any atom is -0.489 e. The molecule has 10 heteroatoms. The van der Waals surface area contributed by atoms with Gasteiger partial charge >= 0.3 is 11.9 Å². The van der Waals surface area contributed by atoms with E-state index in [4.69, 9.17) is 20.0 Å². The Balaban J connectivity index is 0.000000414. The summed E-state index contributed by atoms with van der Waals surface area (Å²) in [6, 6.07) is 18.0. The predicted molar refractivity (Wildman–Crippen MR) is 137 cm³/mol. The van der Waals surface area contributed by atoms with E-state index in [0.29, 0.717) is 12.2 Å². The van der Waals surface area contributed by atoms with Crippen LogP contribution in [0.25, 0.3) is 28.0 Å². The van der Waals surface area contributed by atoms with Crippen molar-refractivity contribution >= 4 is 23.0 Å². The molecule has 0 spiro atoms. The van der Waals surface area contributed by atoms with E-state index in [2.05, 4.69) is 9.88 Å². The molecular formula is C27H27FN4O5. The Hall–Kier alpha value is -4.57. The summed E-state index contributed by atoms with van der Waals surface area (Å²) in [5.41, 5.74) is 3.21. The van der Waals surface area contributed by atoms with Gasteiger partial charge in [0, 0.05) is 41.9 Å². The Morgan fingerprint density at radius 1 is 1.05 bits per heavy atom. The number of carboxylic acid groups (broad SMARTS) is 2. The second-order valence-electron chi connectivity index (χ2n) is 8.34. The van der Waals surface area contributed by atoms with Gasteiger partial charge in [0.25, 0.3) is 0 Å². The highest BCUT2D eigenvalue weighted by Gasteiger charge is 2.15. The molecule has 0 aliphatic carbocycles. The average Bonchev–Trinajstić information content (AvgIpc) is 3.23. The molecule has 9 nitrogen and oxygen atoms in total. The number of ether oxygens (including phenoxy) is 1. The second-order valence-corrected chi connectivity index (χ2v) is 8.34. The van der Waals surface area contributed by atoms with Crippen molar-refractivity contribution in [2.24, 2.45) is 0 Å². The zero-order valence-corrected chi connectivity index (χ0v) is 20.6. The molecule has 0 fully saturated rings. The summed E-state index contributed by atoms with van der Waals surface area (Å²) in [4.78, 5) is 25.7. The molecule has 0 saturated heterocycles. The zero-order chi connectivity index (χ0) is 26.9. The predicted octanol–water partition coefficient (Wildman–Crippen LogP) is 4.27. The van der Waals surface area contributed by atoms with E-state index in [9.17, 15) is 14.0 Å². The normalized spacial score (nSPS) is 11.8. The number of hydrogen-bond donors (Lipinski definition) is 2. The Bertz CT molecular complexity index is 1380. The Morgan fingerprint density at radius 2 is 1.73 bits per heavy atom. The number of pyridine rings is 1. The highest BCUT2D eigenvalue weighted by molar-refractivity contribution is 5.92. The molecule has 1 unspecified atom stereocenters. The topological polar surface area (TPSA) is 118 Å². The van der Waals surface area contributed by atoms with Gasteiger partial charge in [-0.05, 0) is 69.6 Å².